The molecule has 0 radical (unpaired) electrons. The van der Waals surface area contributed by atoms with Crippen LogP contribution in [0.3, 0.4) is 0 Å². The van der Waals surface area contributed by atoms with Crippen molar-refractivity contribution in [2.45, 2.75) is 18.4 Å². The zero-order valence-corrected chi connectivity index (χ0v) is 9.62. The summed E-state index contributed by atoms with van der Waals surface area (Å²) >= 11 is 0. The predicted molar refractivity (Wildman–Crippen MR) is 62.0 cm³/mol. The Morgan fingerprint density at radius 1 is 1.47 bits per heavy atom. The highest BCUT2D eigenvalue weighted by Crippen LogP contribution is 2.43. The van der Waals surface area contributed by atoms with Gasteiger partial charge in [-0.1, -0.05) is 0 Å². The van der Waals surface area contributed by atoms with Crippen molar-refractivity contribution in [2.24, 2.45) is 5.92 Å². The monoisotopic (exact) mass is 271 g/mol. The molecule has 102 valence electrons. The van der Waals surface area contributed by atoms with E-state index in [9.17, 15) is 13.6 Å². The summed E-state index contributed by atoms with van der Waals surface area (Å²) < 4.78 is 28.7. The number of imidazole rings is 1. The van der Waals surface area contributed by atoms with Crippen LogP contribution in [-0.2, 0) is 0 Å². The Labute approximate surface area is 105 Å². The molecule has 0 saturated heterocycles. The molecule has 0 aromatic carbocycles. The number of alkyl halides is 2. The average Bonchev–Trinajstić information content (AvgIpc) is 2.74. The zero-order valence-electron chi connectivity index (χ0n) is 9.62. The number of halogens is 2. The molecule has 0 bridgehead atoms. The van der Waals surface area contributed by atoms with Gasteiger partial charge in [0, 0.05) is 5.92 Å². The van der Waals surface area contributed by atoms with Gasteiger partial charge in [0.1, 0.15) is 12.3 Å². The summed E-state index contributed by atoms with van der Waals surface area (Å²) in [4.78, 5) is 21.4. The van der Waals surface area contributed by atoms with E-state index in [0.717, 1.165) is 10.9 Å². The largest absolute Gasteiger partial charge is 0.396 e. The first-order valence-corrected chi connectivity index (χ1v) is 5.66. The minimum Gasteiger partial charge on any atom is -0.396 e. The second-order valence-electron chi connectivity index (χ2n) is 4.50. The van der Waals surface area contributed by atoms with Gasteiger partial charge in [0.15, 0.2) is 11.2 Å². The van der Waals surface area contributed by atoms with E-state index in [1.54, 1.807) is 0 Å². The van der Waals surface area contributed by atoms with Gasteiger partial charge in [-0.25, -0.2) is 13.8 Å². The van der Waals surface area contributed by atoms with Crippen LogP contribution in [-0.4, -0.2) is 43.6 Å². The molecule has 2 unspecified atom stereocenters. The van der Waals surface area contributed by atoms with Crippen molar-refractivity contribution in [1.29, 1.82) is 0 Å². The summed E-state index contributed by atoms with van der Waals surface area (Å²) in [6.07, 6.45) is -1.96. The number of fused-ring (bicyclic) bond motifs is 1. The van der Waals surface area contributed by atoms with Crippen molar-refractivity contribution in [3.8, 4) is 0 Å². The zero-order chi connectivity index (χ0) is 13.7. The molecule has 1 aliphatic carbocycles. The van der Waals surface area contributed by atoms with E-state index in [-0.39, 0.29) is 17.1 Å². The third-order valence-corrected chi connectivity index (χ3v) is 3.45. The maximum absolute atomic E-state index is 13.8. The molecular weight excluding hydrogens is 260 g/mol. The van der Waals surface area contributed by atoms with Crippen LogP contribution in [0.5, 0.6) is 0 Å². The van der Waals surface area contributed by atoms with Crippen molar-refractivity contribution in [3.63, 3.8) is 0 Å². The minimum absolute atomic E-state index is 0.0268. The molecule has 2 aromatic rings. The second kappa shape index (κ2) is 3.98. The molecule has 7 nitrogen and oxygen atoms in total. The Kier molecular flexibility index (Phi) is 2.52. The fourth-order valence-corrected chi connectivity index (χ4v) is 2.38. The van der Waals surface area contributed by atoms with Crippen molar-refractivity contribution in [1.82, 2.24) is 19.5 Å². The van der Waals surface area contributed by atoms with E-state index in [1.807, 2.05) is 0 Å². The molecule has 2 heterocycles. The molecule has 2 aromatic heterocycles. The number of hydrogen-bond donors (Lipinski definition) is 3. The number of H-pyrrole nitrogens is 1. The Bertz CT molecular complexity index is 674. The van der Waals surface area contributed by atoms with Crippen LogP contribution in [0.15, 0.2) is 11.1 Å². The van der Waals surface area contributed by atoms with E-state index in [1.165, 1.54) is 0 Å². The number of nitrogens with one attached hydrogen (secondary N) is 1. The fraction of sp³-hybridized carbons (Fsp3) is 0.500. The first-order chi connectivity index (χ1) is 9.04. The van der Waals surface area contributed by atoms with Gasteiger partial charge in [-0.05, 0) is 0 Å². The van der Waals surface area contributed by atoms with Crippen molar-refractivity contribution >= 4 is 17.1 Å². The lowest BCUT2D eigenvalue weighted by molar-refractivity contribution is -0.0787. The van der Waals surface area contributed by atoms with E-state index < -0.39 is 36.5 Å². The lowest BCUT2D eigenvalue weighted by Crippen LogP contribution is -2.53. The molecule has 1 fully saturated rings. The molecule has 3 rings (SSSR count). The number of nitrogen functional groups attached to an aromatic ring is 1. The standard InChI is InChI=1S/C10H11F2N5O2/c11-4-3(1-18)5(12)7(4)17-2-14-6-8(17)15-10(13)16-9(6)19/h2-5,7,18H,1H2,(H3,13,15,16,19)/t3?,4-,5+,7?. The van der Waals surface area contributed by atoms with E-state index >= 15 is 0 Å². The van der Waals surface area contributed by atoms with Crippen LogP contribution in [0.1, 0.15) is 6.04 Å². The van der Waals surface area contributed by atoms with E-state index in [2.05, 4.69) is 15.0 Å². The van der Waals surface area contributed by atoms with Crippen LogP contribution in [0.2, 0.25) is 0 Å². The summed E-state index contributed by atoms with van der Waals surface area (Å²) in [5.74, 6) is -1.20. The van der Waals surface area contributed by atoms with Gasteiger partial charge in [0.25, 0.3) is 5.56 Å². The number of aromatic nitrogens is 4. The van der Waals surface area contributed by atoms with Gasteiger partial charge < -0.3 is 15.4 Å². The third kappa shape index (κ3) is 1.54. The number of aliphatic hydroxyl groups excluding tert-OH is 1. The summed E-state index contributed by atoms with van der Waals surface area (Å²) in [6, 6.07) is -1.14. The van der Waals surface area contributed by atoms with Crippen LogP contribution in [0, 0.1) is 5.92 Å². The lowest BCUT2D eigenvalue weighted by Gasteiger charge is -2.42. The van der Waals surface area contributed by atoms with Crippen LogP contribution < -0.4 is 11.3 Å². The maximum atomic E-state index is 13.8. The van der Waals surface area contributed by atoms with Crippen molar-refractivity contribution in [2.75, 3.05) is 12.3 Å². The third-order valence-electron chi connectivity index (χ3n) is 3.45. The number of nitrogens with zero attached hydrogens (tertiary/aromatic N) is 3. The summed E-state index contributed by atoms with van der Waals surface area (Å²) in [5.41, 5.74) is 4.84. The highest BCUT2D eigenvalue weighted by atomic mass is 19.2. The van der Waals surface area contributed by atoms with Gasteiger partial charge >= 0.3 is 0 Å². The van der Waals surface area contributed by atoms with E-state index in [0.29, 0.717) is 0 Å². The topological polar surface area (TPSA) is 110 Å². The summed E-state index contributed by atoms with van der Waals surface area (Å²) in [7, 11) is 0. The highest BCUT2D eigenvalue weighted by Gasteiger charge is 2.53. The number of hydrogen-bond acceptors (Lipinski definition) is 5. The van der Waals surface area contributed by atoms with Crippen LogP contribution in [0.25, 0.3) is 11.2 Å². The maximum Gasteiger partial charge on any atom is 0.280 e. The molecule has 0 amide bonds. The smallest absolute Gasteiger partial charge is 0.280 e. The molecule has 0 aliphatic heterocycles. The minimum atomic E-state index is -1.56. The Morgan fingerprint density at radius 3 is 2.79 bits per heavy atom. The first kappa shape index (κ1) is 12.0. The Morgan fingerprint density at radius 2 is 2.16 bits per heavy atom. The molecule has 4 N–H and O–H groups in total. The summed E-state index contributed by atoms with van der Waals surface area (Å²) in [5, 5.41) is 8.85. The molecule has 4 atom stereocenters. The van der Waals surface area contributed by atoms with Crippen molar-refractivity contribution in [3.05, 3.63) is 16.7 Å². The average molecular weight is 271 g/mol. The molecular formula is C10H11F2N5O2. The normalized spacial score (nSPS) is 30.5. The number of anilines is 1. The predicted octanol–water partition coefficient (Wildman–Crippen LogP) is -0.459. The van der Waals surface area contributed by atoms with Crippen LogP contribution in [0.4, 0.5) is 14.7 Å². The first-order valence-electron chi connectivity index (χ1n) is 5.66. The number of rotatable bonds is 2. The second-order valence-corrected chi connectivity index (χ2v) is 4.50. The van der Waals surface area contributed by atoms with Gasteiger partial charge in [-0.3, -0.25) is 9.78 Å². The lowest BCUT2D eigenvalue weighted by atomic mass is 9.76. The summed E-state index contributed by atoms with van der Waals surface area (Å²) in [6.45, 7) is -0.568. The van der Waals surface area contributed by atoms with Gasteiger partial charge in [0.05, 0.1) is 19.0 Å². The quantitative estimate of drug-likeness (QED) is 0.684. The van der Waals surface area contributed by atoms with E-state index in [4.69, 9.17) is 10.8 Å². The molecule has 9 heteroatoms. The highest BCUT2D eigenvalue weighted by molar-refractivity contribution is 5.70. The van der Waals surface area contributed by atoms with Gasteiger partial charge in [-0.15, -0.1) is 0 Å². The van der Waals surface area contributed by atoms with Gasteiger partial charge in [-0.2, -0.15) is 4.98 Å². The fourth-order valence-electron chi connectivity index (χ4n) is 2.38. The Hall–Kier alpha value is -2.03. The SMILES string of the molecule is Nc1nc2c(ncn2C2[C@H](F)C(CO)[C@@H]2F)c(=O)[nH]1. The van der Waals surface area contributed by atoms with Gasteiger partial charge in [0.2, 0.25) is 5.95 Å². The van der Waals surface area contributed by atoms with Crippen LogP contribution >= 0.6 is 0 Å². The molecule has 1 saturated carbocycles. The van der Waals surface area contributed by atoms with Crippen molar-refractivity contribution < 1.29 is 13.9 Å². The molecule has 1 aliphatic rings. The molecule has 19 heavy (non-hydrogen) atoms. The molecule has 0 spiro atoms. The Balaban J connectivity index is 2.10. The number of aliphatic hydroxyl groups is 1. The number of aromatic amines is 1. The number of nitrogens with two attached hydrogens (primary N) is 1.